The average molecular weight is 329 g/mol. The van der Waals surface area contributed by atoms with Crippen molar-refractivity contribution in [1.82, 2.24) is 15.0 Å². The van der Waals surface area contributed by atoms with Crippen LogP contribution < -0.4 is 5.73 Å². The zero-order valence-corrected chi connectivity index (χ0v) is 12.8. The van der Waals surface area contributed by atoms with E-state index in [4.69, 9.17) is 5.73 Å². The number of aryl methyl sites for hydroxylation is 2. The first-order valence-corrected chi connectivity index (χ1v) is 7.01. The fourth-order valence-corrected chi connectivity index (χ4v) is 2.25. The topological polar surface area (TPSA) is 64.7 Å². The summed E-state index contributed by atoms with van der Waals surface area (Å²) in [5.74, 6) is 1.08. The number of nitrogens with two attached hydrogens (primary N) is 1. The minimum absolute atomic E-state index is 0.453. The van der Waals surface area contributed by atoms with Crippen LogP contribution >= 0.6 is 15.9 Å². The van der Waals surface area contributed by atoms with Gasteiger partial charge in [-0.1, -0.05) is 6.07 Å². The van der Waals surface area contributed by atoms with Crippen molar-refractivity contribution in [2.45, 2.75) is 13.8 Å². The van der Waals surface area contributed by atoms with E-state index >= 15 is 0 Å². The van der Waals surface area contributed by atoms with Crippen molar-refractivity contribution in [3.63, 3.8) is 0 Å². The van der Waals surface area contributed by atoms with Crippen molar-refractivity contribution in [2.24, 2.45) is 0 Å². The fraction of sp³-hybridized carbons (Fsp3) is 0.133. The van der Waals surface area contributed by atoms with Gasteiger partial charge in [-0.25, -0.2) is 9.97 Å². The van der Waals surface area contributed by atoms with Gasteiger partial charge in [-0.05, 0) is 54.0 Å². The molecule has 2 heterocycles. The Morgan fingerprint density at radius 3 is 2.55 bits per heavy atom. The van der Waals surface area contributed by atoms with Crippen LogP contribution in [0, 0.1) is 13.8 Å². The van der Waals surface area contributed by atoms with Crippen molar-refractivity contribution in [3.05, 3.63) is 46.2 Å². The summed E-state index contributed by atoms with van der Waals surface area (Å²) in [5.41, 5.74) is 9.62. The summed E-state index contributed by atoms with van der Waals surface area (Å²) in [6.45, 7) is 3.88. The lowest BCUT2D eigenvalue weighted by atomic mass is 10.1. The predicted molar refractivity (Wildman–Crippen MR) is 84.4 cm³/mol. The first-order valence-electron chi connectivity index (χ1n) is 6.22. The Balaban J connectivity index is 2.17. The lowest BCUT2D eigenvalue weighted by Gasteiger charge is -2.07. The van der Waals surface area contributed by atoms with E-state index in [1.165, 1.54) is 0 Å². The van der Waals surface area contributed by atoms with Gasteiger partial charge in [0.25, 0.3) is 0 Å². The molecule has 0 unspecified atom stereocenters. The number of pyridine rings is 1. The Labute approximate surface area is 125 Å². The van der Waals surface area contributed by atoms with Crippen molar-refractivity contribution >= 4 is 32.7 Å². The molecule has 4 nitrogen and oxygen atoms in total. The summed E-state index contributed by atoms with van der Waals surface area (Å²) in [5, 5.41) is 1.07. The molecule has 0 saturated carbocycles. The number of hydrogen-bond acceptors (Lipinski definition) is 4. The van der Waals surface area contributed by atoms with Crippen molar-refractivity contribution < 1.29 is 0 Å². The molecule has 20 heavy (non-hydrogen) atoms. The third kappa shape index (κ3) is 2.25. The normalized spacial score (nSPS) is 10.9. The maximum absolute atomic E-state index is 5.88. The number of anilines is 1. The van der Waals surface area contributed by atoms with Gasteiger partial charge in [0.15, 0.2) is 5.82 Å². The molecule has 0 aliphatic carbocycles. The largest absolute Gasteiger partial charge is 0.383 e. The van der Waals surface area contributed by atoms with Crippen LogP contribution in [0.15, 0.2) is 34.8 Å². The molecular formula is C15H13BrN4. The highest BCUT2D eigenvalue weighted by Crippen LogP contribution is 2.26. The molecule has 0 fully saturated rings. The van der Waals surface area contributed by atoms with E-state index in [-0.39, 0.29) is 0 Å². The first kappa shape index (κ1) is 13.0. The van der Waals surface area contributed by atoms with Gasteiger partial charge in [0, 0.05) is 16.6 Å². The summed E-state index contributed by atoms with van der Waals surface area (Å²) in [6.07, 6.45) is 0. The molecule has 2 aromatic heterocycles. The standard InChI is InChI=1S/C15H13BrN4/c1-8-3-4-10-7-11(5-6-12(10)18-8)15-19-9(2)13(16)14(17)20-15/h3-7H,1-2H3,(H2,17,19,20). The second-order valence-corrected chi connectivity index (χ2v) is 5.48. The Kier molecular flexibility index (Phi) is 3.14. The number of rotatable bonds is 1. The Hall–Kier alpha value is -2.01. The zero-order valence-electron chi connectivity index (χ0n) is 11.2. The number of halogens is 1. The molecule has 3 aromatic rings. The molecule has 0 saturated heterocycles. The molecule has 5 heteroatoms. The highest BCUT2D eigenvalue weighted by Gasteiger charge is 2.09. The van der Waals surface area contributed by atoms with Crippen LogP contribution in [-0.4, -0.2) is 15.0 Å². The van der Waals surface area contributed by atoms with Crippen LogP contribution in [0.3, 0.4) is 0 Å². The molecule has 1 aromatic carbocycles. The quantitative estimate of drug-likeness (QED) is 0.740. The van der Waals surface area contributed by atoms with E-state index in [9.17, 15) is 0 Å². The third-order valence-corrected chi connectivity index (χ3v) is 4.11. The second-order valence-electron chi connectivity index (χ2n) is 4.69. The van der Waals surface area contributed by atoms with Gasteiger partial charge in [-0.15, -0.1) is 0 Å². The Morgan fingerprint density at radius 2 is 1.80 bits per heavy atom. The van der Waals surface area contributed by atoms with E-state index in [0.717, 1.165) is 32.3 Å². The molecule has 0 aliphatic heterocycles. The second kappa shape index (κ2) is 4.83. The van der Waals surface area contributed by atoms with Gasteiger partial charge >= 0.3 is 0 Å². The molecule has 2 N–H and O–H groups in total. The number of hydrogen-bond donors (Lipinski definition) is 1. The monoisotopic (exact) mass is 328 g/mol. The van der Waals surface area contributed by atoms with Gasteiger partial charge in [0.1, 0.15) is 5.82 Å². The van der Waals surface area contributed by atoms with E-state index in [1.54, 1.807) is 0 Å². The molecule has 0 atom stereocenters. The Bertz CT molecular complexity index is 791. The number of nitrogen functional groups attached to an aromatic ring is 1. The third-order valence-electron chi connectivity index (χ3n) is 3.13. The number of nitrogens with zero attached hydrogens (tertiary/aromatic N) is 3. The predicted octanol–water partition coefficient (Wildman–Crippen LogP) is 3.65. The molecule has 3 rings (SSSR count). The highest BCUT2D eigenvalue weighted by atomic mass is 79.9. The van der Waals surface area contributed by atoms with E-state index in [0.29, 0.717) is 11.6 Å². The number of aromatic nitrogens is 3. The van der Waals surface area contributed by atoms with Gasteiger partial charge in [0.05, 0.1) is 15.7 Å². The SMILES string of the molecule is Cc1ccc2cc(-c3nc(C)c(Br)c(N)n3)ccc2n1. The fourth-order valence-electron chi connectivity index (χ4n) is 2.08. The van der Waals surface area contributed by atoms with E-state index < -0.39 is 0 Å². The number of fused-ring (bicyclic) bond motifs is 1. The van der Waals surface area contributed by atoms with Crippen LogP contribution in [0.25, 0.3) is 22.3 Å². The maximum Gasteiger partial charge on any atom is 0.161 e. The van der Waals surface area contributed by atoms with Crippen LogP contribution in [0.4, 0.5) is 5.82 Å². The van der Waals surface area contributed by atoms with E-state index in [2.05, 4.69) is 36.9 Å². The van der Waals surface area contributed by atoms with Crippen molar-refractivity contribution in [3.8, 4) is 11.4 Å². The number of benzene rings is 1. The molecule has 0 radical (unpaired) electrons. The van der Waals surface area contributed by atoms with Crippen molar-refractivity contribution in [1.29, 1.82) is 0 Å². The summed E-state index contributed by atoms with van der Waals surface area (Å²) in [4.78, 5) is 13.3. The molecule has 0 bridgehead atoms. The lowest BCUT2D eigenvalue weighted by molar-refractivity contribution is 1.10. The average Bonchev–Trinajstić information content (AvgIpc) is 2.43. The summed E-state index contributed by atoms with van der Waals surface area (Å²) >= 11 is 3.37. The molecular weight excluding hydrogens is 316 g/mol. The van der Waals surface area contributed by atoms with Gasteiger partial charge < -0.3 is 5.73 Å². The smallest absolute Gasteiger partial charge is 0.161 e. The van der Waals surface area contributed by atoms with Gasteiger partial charge in [0.2, 0.25) is 0 Å². The van der Waals surface area contributed by atoms with Crippen LogP contribution in [0.5, 0.6) is 0 Å². The summed E-state index contributed by atoms with van der Waals surface area (Å²) < 4.78 is 0.749. The van der Waals surface area contributed by atoms with Crippen LogP contribution in [-0.2, 0) is 0 Å². The molecule has 0 aliphatic rings. The van der Waals surface area contributed by atoms with Gasteiger partial charge in [-0.3, -0.25) is 4.98 Å². The van der Waals surface area contributed by atoms with Crippen molar-refractivity contribution in [2.75, 3.05) is 5.73 Å². The minimum atomic E-state index is 0.453. The first-order chi connectivity index (χ1) is 9.54. The van der Waals surface area contributed by atoms with Crippen LogP contribution in [0.2, 0.25) is 0 Å². The lowest BCUT2D eigenvalue weighted by Crippen LogP contribution is -2.00. The zero-order chi connectivity index (χ0) is 14.3. The molecule has 100 valence electrons. The minimum Gasteiger partial charge on any atom is -0.383 e. The maximum atomic E-state index is 5.88. The summed E-state index contributed by atoms with van der Waals surface area (Å²) in [7, 11) is 0. The summed E-state index contributed by atoms with van der Waals surface area (Å²) in [6, 6.07) is 10.0. The van der Waals surface area contributed by atoms with Gasteiger partial charge in [-0.2, -0.15) is 0 Å². The molecule has 0 spiro atoms. The molecule has 0 amide bonds. The highest BCUT2D eigenvalue weighted by molar-refractivity contribution is 9.10. The Morgan fingerprint density at radius 1 is 1.00 bits per heavy atom. The van der Waals surface area contributed by atoms with Crippen LogP contribution in [0.1, 0.15) is 11.4 Å². The van der Waals surface area contributed by atoms with E-state index in [1.807, 2.05) is 38.1 Å².